The predicted molar refractivity (Wildman–Crippen MR) is 63.9 cm³/mol. The molecular weight excluding hydrogens is 288 g/mol. The number of rotatable bonds is 4. The summed E-state index contributed by atoms with van der Waals surface area (Å²) in [6.45, 7) is 1.93. The van der Waals surface area contributed by atoms with Crippen LogP contribution in [0.3, 0.4) is 0 Å². The zero-order valence-electron chi connectivity index (χ0n) is 8.71. The van der Waals surface area contributed by atoms with Crippen LogP contribution in [0.2, 0.25) is 4.34 Å². The van der Waals surface area contributed by atoms with Gasteiger partial charge in [-0.1, -0.05) is 18.5 Å². The quantitative estimate of drug-likeness (QED) is 0.679. The molecule has 17 heavy (non-hydrogen) atoms. The van der Waals surface area contributed by atoms with Crippen molar-refractivity contribution in [3.05, 3.63) is 20.5 Å². The summed E-state index contributed by atoms with van der Waals surface area (Å²) >= 11 is 6.31. The van der Waals surface area contributed by atoms with Crippen LogP contribution in [0.5, 0.6) is 0 Å². The molecule has 1 heterocycles. The molecule has 1 saturated carbocycles. The first kappa shape index (κ1) is 12.7. The molecule has 1 aliphatic carbocycles. The Morgan fingerprint density at radius 2 is 2.24 bits per heavy atom. The van der Waals surface area contributed by atoms with Crippen LogP contribution in [0.25, 0.3) is 0 Å². The molecule has 1 aromatic heterocycles. The molecule has 1 fully saturated rings. The third-order valence-electron chi connectivity index (χ3n) is 2.52. The van der Waals surface area contributed by atoms with E-state index in [1.807, 2.05) is 6.92 Å². The maximum atomic E-state index is 11.8. The fourth-order valence-corrected chi connectivity index (χ4v) is 4.38. The summed E-state index contributed by atoms with van der Waals surface area (Å²) in [4.78, 5) is 9.86. The summed E-state index contributed by atoms with van der Waals surface area (Å²) < 4.78 is 25.9. The Bertz CT molecular complexity index is 568. The Morgan fingerprint density at radius 3 is 2.65 bits per heavy atom. The molecule has 1 aliphatic rings. The lowest BCUT2D eigenvalue weighted by molar-refractivity contribution is -0.384. The Kier molecular flexibility index (Phi) is 3.15. The SMILES string of the molecule is CC1CC1NS(=O)(=O)c1cc([N+](=O)[O-])c(Cl)s1. The van der Waals surface area contributed by atoms with E-state index in [4.69, 9.17) is 11.6 Å². The van der Waals surface area contributed by atoms with Crippen molar-refractivity contribution < 1.29 is 13.3 Å². The second-order valence-electron chi connectivity index (χ2n) is 3.92. The lowest BCUT2D eigenvalue weighted by atomic mass is 10.5. The predicted octanol–water partition coefficient (Wildman–Crippen LogP) is 2.00. The van der Waals surface area contributed by atoms with Gasteiger partial charge in [0.1, 0.15) is 4.21 Å². The number of nitro groups is 1. The van der Waals surface area contributed by atoms with Crippen LogP contribution in [0.1, 0.15) is 13.3 Å². The highest BCUT2D eigenvalue weighted by molar-refractivity contribution is 7.91. The zero-order valence-corrected chi connectivity index (χ0v) is 11.1. The molecule has 0 spiro atoms. The summed E-state index contributed by atoms with van der Waals surface area (Å²) in [7, 11) is -3.69. The zero-order chi connectivity index (χ0) is 12.8. The van der Waals surface area contributed by atoms with Gasteiger partial charge in [0, 0.05) is 12.1 Å². The van der Waals surface area contributed by atoms with Crippen molar-refractivity contribution in [2.75, 3.05) is 0 Å². The number of thiophene rings is 1. The molecule has 0 radical (unpaired) electrons. The van der Waals surface area contributed by atoms with Crippen molar-refractivity contribution in [3.63, 3.8) is 0 Å². The second-order valence-corrected chi connectivity index (χ2v) is 7.52. The van der Waals surface area contributed by atoms with Crippen LogP contribution in [-0.2, 0) is 10.0 Å². The van der Waals surface area contributed by atoms with Crippen LogP contribution in [-0.4, -0.2) is 19.4 Å². The molecule has 0 saturated heterocycles. The van der Waals surface area contributed by atoms with Crippen molar-refractivity contribution in [1.29, 1.82) is 0 Å². The molecule has 0 aliphatic heterocycles. The van der Waals surface area contributed by atoms with Crippen molar-refractivity contribution in [3.8, 4) is 0 Å². The molecule has 1 aromatic rings. The molecule has 1 N–H and O–H groups in total. The Morgan fingerprint density at radius 1 is 1.65 bits per heavy atom. The highest BCUT2D eigenvalue weighted by Crippen LogP contribution is 2.37. The van der Waals surface area contributed by atoms with E-state index in [-0.39, 0.29) is 20.3 Å². The van der Waals surface area contributed by atoms with Gasteiger partial charge in [-0.15, -0.1) is 11.3 Å². The maximum Gasteiger partial charge on any atom is 0.300 e. The summed E-state index contributed by atoms with van der Waals surface area (Å²) in [5.41, 5.74) is -0.374. The first-order valence-corrected chi connectivity index (χ1v) is 7.45. The molecular formula is C8H9ClN2O4S2. The normalized spacial score (nSPS) is 23.6. The Labute approximate surface area is 107 Å². The second kappa shape index (κ2) is 4.20. The molecule has 0 amide bonds. The highest BCUT2D eigenvalue weighted by Gasteiger charge is 2.37. The van der Waals surface area contributed by atoms with E-state index < -0.39 is 14.9 Å². The molecule has 2 unspecified atom stereocenters. The minimum absolute atomic E-state index is 0.0695. The maximum absolute atomic E-state index is 11.8. The lowest BCUT2D eigenvalue weighted by Gasteiger charge is -2.01. The summed E-state index contributed by atoms with van der Waals surface area (Å²) in [5, 5.41) is 10.6. The van der Waals surface area contributed by atoms with Gasteiger partial charge in [-0.3, -0.25) is 10.1 Å². The van der Waals surface area contributed by atoms with Crippen LogP contribution < -0.4 is 4.72 Å². The van der Waals surface area contributed by atoms with Crippen molar-refractivity contribution in [1.82, 2.24) is 4.72 Å². The first-order valence-electron chi connectivity index (χ1n) is 4.77. The Balaban J connectivity index is 2.27. The molecule has 94 valence electrons. The molecule has 9 heteroatoms. The van der Waals surface area contributed by atoms with Gasteiger partial charge in [-0.2, -0.15) is 0 Å². The summed E-state index contributed by atoms with van der Waals surface area (Å²) in [6.07, 6.45) is 0.792. The van der Waals surface area contributed by atoms with E-state index in [9.17, 15) is 18.5 Å². The smallest absolute Gasteiger partial charge is 0.258 e. The average Bonchev–Trinajstić information content (AvgIpc) is 2.74. The summed E-state index contributed by atoms with van der Waals surface area (Å²) in [5.74, 6) is 0.315. The van der Waals surface area contributed by atoms with E-state index >= 15 is 0 Å². The molecule has 0 aromatic carbocycles. The minimum atomic E-state index is -3.69. The largest absolute Gasteiger partial charge is 0.300 e. The number of nitrogens with one attached hydrogen (secondary N) is 1. The number of hydrogen-bond donors (Lipinski definition) is 1. The highest BCUT2D eigenvalue weighted by atomic mass is 35.5. The van der Waals surface area contributed by atoms with E-state index in [0.717, 1.165) is 12.5 Å². The van der Waals surface area contributed by atoms with E-state index in [2.05, 4.69) is 4.72 Å². The van der Waals surface area contributed by atoms with Crippen LogP contribution >= 0.6 is 22.9 Å². The standard InChI is InChI=1S/C8H9ClN2O4S2/c1-4-2-5(4)10-17(14,15)7-3-6(11(12)13)8(9)16-7/h3-5,10H,2H2,1H3. The van der Waals surface area contributed by atoms with Gasteiger partial charge in [-0.25, -0.2) is 13.1 Å². The minimum Gasteiger partial charge on any atom is -0.258 e. The fourth-order valence-electron chi connectivity index (χ4n) is 1.34. The van der Waals surface area contributed by atoms with Gasteiger partial charge in [0.25, 0.3) is 15.7 Å². The van der Waals surface area contributed by atoms with Crippen LogP contribution in [0.15, 0.2) is 10.3 Å². The fraction of sp³-hybridized carbons (Fsp3) is 0.500. The van der Waals surface area contributed by atoms with Gasteiger partial charge in [0.05, 0.1) is 4.92 Å². The lowest BCUT2D eigenvalue weighted by Crippen LogP contribution is -2.26. The molecule has 2 rings (SSSR count). The van der Waals surface area contributed by atoms with Gasteiger partial charge < -0.3 is 0 Å². The van der Waals surface area contributed by atoms with Gasteiger partial charge in [0.2, 0.25) is 0 Å². The summed E-state index contributed by atoms with van der Waals surface area (Å²) in [6, 6.07) is 0.919. The van der Waals surface area contributed by atoms with Crippen LogP contribution in [0.4, 0.5) is 5.69 Å². The number of nitrogens with zero attached hydrogens (tertiary/aromatic N) is 1. The average molecular weight is 297 g/mol. The van der Waals surface area contributed by atoms with Crippen molar-refractivity contribution in [2.24, 2.45) is 5.92 Å². The van der Waals surface area contributed by atoms with E-state index in [0.29, 0.717) is 17.3 Å². The Hall–Kier alpha value is -0.700. The molecule has 6 nitrogen and oxygen atoms in total. The van der Waals surface area contributed by atoms with Gasteiger partial charge >= 0.3 is 0 Å². The number of sulfonamides is 1. The van der Waals surface area contributed by atoms with Crippen LogP contribution in [0, 0.1) is 16.0 Å². The van der Waals surface area contributed by atoms with Gasteiger partial charge in [0.15, 0.2) is 4.34 Å². The monoisotopic (exact) mass is 296 g/mol. The number of hydrogen-bond acceptors (Lipinski definition) is 5. The topological polar surface area (TPSA) is 89.3 Å². The van der Waals surface area contributed by atoms with Crippen molar-refractivity contribution in [2.45, 2.75) is 23.6 Å². The van der Waals surface area contributed by atoms with Gasteiger partial charge in [-0.05, 0) is 12.3 Å². The third-order valence-corrected chi connectivity index (χ3v) is 5.83. The third kappa shape index (κ3) is 2.59. The number of halogens is 1. The van der Waals surface area contributed by atoms with E-state index in [1.54, 1.807) is 0 Å². The van der Waals surface area contributed by atoms with E-state index in [1.165, 1.54) is 0 Å². The molecule has 0 bridgehead atoms. The van der Waals surface area contributed by atoms with Crippen molar-refractivity contribution >= 4 is 38.6 Å². The molecule has 2 atom stereocenters. The first-order chi connectivity index (χ1) is 7.81.